The minimum Gasteiger partial charge on any atom is -0.493 e. The van der Waals surface area contributed by atoms with Crippen LogP contribution in [0.4, 0.5) is 10.8 Å². The molecule has 0 N–H and O–H groups in total. The van der Waals surface area contributed by atoms with Gasteiger partial charge in [-0.15, -0.1) is 11.3 Å². The van der Waals surface area contributed by atoms with Crippen molar-refractivity contribution in [3.8, 4) is 17.6 Å². The molecule has 1 aromatic heterocycles. The summed E-state index contributed by atoms with van der Waals surface area (Å²) in [5.74, 6) is 0.795. The lowest BCUT2D eigenvalue weighted by Gasteiger charge is -2.22. The second-order valence-corrected chi connectivity index (χ2v) is 7.90. The topological polar surface area (TPSA) is 75.5 Å². The van der Waals surface area contributed by atoms with E-state index < -0.39 is 0 Å². The summed E-state index contributed by atoms with van der Waals surface area (Å²) in [5.41, 5.74) is 3.69. The highest BCUT2D eigenvalue weighted by atomic mass is 35.5. The molecular formula is C22H20ClN3O3S. The highest BCUT2D eigenvalue weighted by Gasteiger charge is 2.23. The molecule has 154 valence electrons. The predicted octanol–water partition coefficient (Wildman–Crippen LogP) is 5.56. The van der Waals surface area contributed by atoms with E-state index in [4.69, 9.17) is 26.3 Å². The minimum atomic E-state index is -0.181. The summed E-state index contributed by atoms with van der Waals surface area (Å²) in [6, 6.07) is 10.8. The number of rotatable bonds is 6. The normalized spacial score (nSPS) is 10.4. The molecule has 0 aliphatic rings. The average Bonchev–Trinajstić information content (AvgIpc) is 3.16. The van der Waals surface area contributed by atoms with Crippen LogP contribution in [0.5, 0.6) is 11.5 Å². The second-order valence-electron chi connectivity index (χ2n) is 6.65. The Kier molecular flexibility index (Phi) is 6.60. The van der Waals surface area contributed by atoms with Crippen molar-refractivity contribution in [3.05, 3.63) is 63.1 Å². The van der Waals surface area contributed by atoms with Crippen molar-refractivity contribution in [3.63, 3.8) is 0 Å². The van der Waals surface area contributed by atoms with Crippen LogP contribution in [0.15, 0.2) is 35.7 Å². The molecule has 0 spiro atoms. The lowest BCUT2D eigenvalue weighted by molar-refractivity contribution is -0.115. The zero-order valence-corrected chi connectivity index (χ0v) is 18.6. The third kappa shape index (κ3) is 4.56. The van der Waals surface area contributed by atoms with Crippen molar-refractivity contribution in [2.24, 2.45) is 0 Å². The Morgan fingerprint density at radius 3 is 2.67 bits per heavy atom. The number of halogens is 1. The molecule has 0 aliphatic carbocycles. The van der Waals surface area contributed by atoms with Crippen molar-refractivity contribution >= 4 is 39.7 Å². The number of aromatic nitrogens is 1. The standard InChI is InChI=1S/C22H20ClN3O3S/c1-13-7-14(2)21(18(23)8-13)26(15(3)27)22-25-17(12-30-22)11-29-19-6-5-16(10-24)9-20(19)28-4/h5-9,12H,11H2,1-4H3. The van der Waals surface area contributed by atoms with Gasteiger partial charge in [-0.2, -0.15) is 5.26 Å². The zero-order chi connectivity index (χ0) is 21.8. The minimum absolute atomic E-state index is 0.181. The molecule has 8 heteroatoms. The first kappa shape index (κ1) is 21.6. The molecule has 0 aliphatic heterocycles. The van der Waals surface area contributed by atoms with E-state index in [1.165, 1.54) is 30.3 Å². The molecule has 0 radical (unpaired) electrons. The van der Waals surface area contributed by atoms with Gasteiger partial charge in [0.2, 0.25) is 5.91 Å². The van der Waals surface area contributed by atoms with E-state index in [0.717, 1.165) is 11.1 Å². The van der Waals surface area contributed by atoms with E-state index in [1.807, 2.05) is 31.4 Å². The summed E-state index contributed by atoms with van der Waals surface area (Å²) in [6.45, 7) is 5.54. The van der Waals surface area contributed by atoms with Gasteiger partial charge in [-0.25, -0.2) is 4.98 Å². The number of anilines is 2. The van der Waals surface area contributed by atoms with E-state index in [-0.39, 0.29) is 12.5 Å². The first-order valence-corrected chi connectivity index (χ1v) is 10.3. The number of aryl methyl sites for hydroxylation is 2. The SMILES string of the molecule is COc1cc(C#N)ccc1OCc1csc(N(C(C)=O)c2c(C)cc(C)cc2Cl)n1. The Labute approximate surface area is 184 Å². The first-order valence-electron chi connectivity index (χ1n) is 9.06. The molecule has 6 nitrogen and oxygen atoms in total. The van der Waals surface area contributed by atoms with Crippen molar-refractivity contribution in [2.75, 3.05) is 12.0 Å². The number of methoxy groups -OCH3 is 1. The maximum atomic E-state index is 12.4. The van der Waals surface area contributed by atoms with Crippen LogP contribution < -0.4 is 14.4 Å². The molecule has 3 rings (SSSR count). The molecule has 1 heterocycles. The van der Waals surface area contributed by atoms with Crippen molar-refractivity contribution < 1.29 is 14.3 Å². The van der Waals surface area contributed by atoms with Gasteiger partial charge in [0.1, 0.15) is 6.61 Å². The third-order valence-electron chi connectivity index (χ3n) is 4.34. The number of nitriles is 1. The van der Waals surface area contributed by atoms with Gasteiger partial charge in [-0.05, 0) is 43.2 Å². The molecule has 0 bridgehead atoms. The first-order chi connectivity index (χ1) is 14.3. The Balaban J connectivity index is 1.85. The van der Waals surface area contributed by atoms with Gasteiger partial charge in [0, 0.05) is 18.4 Å². The van der Waals surface area contributed by atoms with Crippen molar-refractivity contribution in [1.82, 2.24) is 4.98 Å². The number of carbonyl (C=O) groups is 1. The van der Waals surface area contributed by atoms with Gasteiger partial charge in [-0.1, -0.05) is 17.7 Å². The monoisotopic (exact) mass is 441 g/mol. The maximum absolute atomic E-state index is 12.4. The summed E-state index contributed by atoms with van der Waals surface area (Å²) in [7, 11) is 1.52. The Bertz CT molecular complexity index is 1110. The van der Waals surface area contributed by atoms with Gasteiger partial charge in [0.15, 0.2) is 16.6 Å². The second kappa shape index (κ2) is 9.16. The van der Waals surface area contributed by atoms with Crippen LogP contribution in [0, 0.1) is 25.2 Å². The summed E-state index contributed by atoms with van der Waals surface area (Å²) in [5, 5.41) is 11.9. The number of benzene rings is 2. The van der Waals surface area contributed by atoms with E-state index in [2.05, 4.69) is 11.1 Å². The quantitative estimate of drug-likeness (QED) is 0.500. The number of carbonyl (C=O) groups excluding carboxylic acids is 1. The fraction of sp³-hybridized carbons (Fsp3) is 0.227. The molecule has 30 heavy (non-hydrogen) atoms. The van der Waals surface area contributed by atoms with E-state index >= 15 is 0 Å². The van der Waals surface area contributed by atoms with Gasteiger partial charge in [0.25, 0.3) is 0 Å². The Morgan fingerprint density at radius 2 is 2.03 bits per heavy atom. The third-order valence-corrected chi connectivity index (χ3v) is 5.50. The van der Waals surface area contributed by atoms with E-state index in [1.54, 1.807) is 18.2 Å². The van der Waals surface area contributed by atoms with Gasteiger partial charge >= 0.3 is 0 Å². The van der Waals surface area contributed by atoms with Crippen LogP contribution >= 0.6 is 22.9 Å². The van der Waals surface area contributed by atoms with Gasteiger partial charge in [0.05, 0.1) is 35.1 Å². The fourth-order valence-corrected chi connectivity index (χ4v) is 4.32. The zero-order valence-electron chi connectivity index (χ0n) is 17.0. The van der Waals surface area contributed by atoms with E-state index in [9.17, 15) is 4.79 Å². The van der Waals surface area contributed by atoms with Crippen LogP contribution in [0.25, 0.3) is 0 Å². The number of hydrogen-bond donors (Lipinski definition) is 0. The Morgan fingerprint density at radius 1 is 1.27 bits per heavy atom. The number of nitrogens with zero attached hydrogens (tertiary/aromatic N) is 3. The van der Waals surface area contributed by atoms with Crippen LogP contribution in [0.3, 0.4) is 0 Å². The largest absolute Gasteiger partial charge is 0.493 e. The average molecular weight is 442 g/mol. The summed E-state index contributed by atoms with van der Waals surface area (Å²) >= 11 is 7.79. The summed E-state index contributed by atoms with van der Waals surface area (Å²) in [4.78, 5) is 18.5. The van der Waals surface area contributed by atoms with Crippen molar-refractivity contribution in [2.45, 2.75) is 27.4 Å². The molecule has 2 aromatic carbocycles. The molecule has 1 amide bonds. The van der Waals surface area contributed by atoms with Gasteiger partial charge < -0.3 is 9.47 Å². The van der Waals surface area contributed by atoms with E-state index in [0.29, 0.717) is 38.6 Å². The summed E-state index contributed by atoms with van der Waals surface area (Å²) < 4.78 is 11.1. The predicted molar refractivity (Wildman–Crippen MR) is 118 cm³/mol. The number of thiazole rings is 1. The van der Waals surface area contributed by atoms with Crippen LogP contribution in [0.2, 0.25) is 5.02 Å². The van der Waals surface area contributed by atoms with Crippen LogP contribution in [0.1, 0.15) is 29.3 Å². The van der Waals surface area contributed by atoms with Crippen LogP contribution in [-0.4, -0.2) is 18.0 Å². The lowest BCUT2D eigenvalue weighted by atomic mass is 10.1. The molecule has 0 atom stereocenters. The van der Waals surface area contributed by atoms with Crippen molar-refractivity contribution in [1.29, 1.82) is 5.26 Å². The Hall–Kier alpha value is -3.08. The molecule has 0 saturated heterocycles. The highest BCUT2D eigenvalue weighted by molar-refractivity contribution is 7.14. The molecule has 0 fully saturated rings. The lowest BCUT2D eigenvalue weighted by Crippen LogP contribution is -2.24. The van der Waals surface area contributed by atoms with Gasteiger partial charge in [-0.3, -0.25) is 9.69 Å². The highest BCUT2D eigenvalue weighted by Crippen LogP contribution is 2.37. The number of hydrogen-bond acceptors (Lipinski definition) is 6. The van der Waals surface area contributed by atoms with Crippen LogP contribution in [-0.2, 0) is 11.4 Å². The molecule has 0 unspecified atom stereocenters. The molecular weight excluding hydrogens is 422 g/mol. The molecule has 0 saturated carbocycles. The summed E-state index contributed by atoms with van der Waals surface area (Å²) in [6.07, 6.45) is 0. The number of ether oxygens (including phenoxy) is 2. The number of amides is 1. The fourth-order valence-electron chi connectivity index (χ4n) is 3.05. The smallest absolute Gasteiger partial charge is 0.230 e. The molecule has 3 aromatic rings. The maximum Gasteiger partial charge on any atom is 0.230 e.